The first kappa shape index (κ1) is 16.6. The van der Waals surface area contributed by atoms with Crippen LogP contribution in [0.15, 0.2) is 71.8 Å². The predicted molar refractivity (Wildman–Crippen MR) is 103 cm³/mol. The highest BCUT2D eigenvalue weighted by Gasteiger charge is 2.12. The molecule has 0 saturated heterocycles. The molecule has 0 amide bonds. The number of carbonyl (C=O) groups excluding carboxylic acids is 1. The SMILES string of the molecule is NC(=S)N/N=C\c1ccc(OC(=O)c2cccc3ccccc23)cc1. The Kier molecular flexibility index (Phi) is 5.01. The fraction of sp³-hybridized carbons (Fsp3) is 0. The van der Waals surface area contributed by atoms with Crippen molar-refractivity contribution in [1.82, 2.24) is 5.43 Å². The third-order valence-electron chi connectivity index (χ3n) is 3.49. The Morgan fingerprint density at radius 2 is 1.76 bits per heavy atom. The third-order valence-corrected chi connectivity index (χ3v) is 3.58. The van der Waals surface area contributed by atoms with Crippen LogP contribution in [0, 0.1) is 0 Å². The van der Waals surface area contributed by atoms with E-state index in [4.69, 9.17) is 10.5 Å². The molecule has 124 valence electrons. The topological polar surface area (TPSA) is 76.7 Å². The molecule has 3 aromatic rings. The van der Waals surface area contributed by atoms with Gasteiger partial charge in [-0.1, -0.05) is 36.4 Å². The fourth-order valence-electron chi connectivity index (χ4n) is 2.36. The molecule has 6 heteroatoms. The Bertz CT molecular complexity index is 947. The van der Waals surface area contributed by atoms with E-state index in [0.717, 1.165) is 16.3 Å². The Hall–Kier alpha value is -3.25. The van der Waals surface area contributed by atoms with Gasteiger partial charge in [-0.15, -0.1) is 0 Å². The number of ether oxygens (including phenoxy) is 1. The van der Waals surface area contributed by atoms with E-state index < -0.39 is 5.97 Å². The second kappa shape index (κ2) is 7.55. The maximum Gasteiger partial charge on any atom is 0.344 e. The van der Waals surface area contributed by atoms with Crippen molar-refractivity contribution in [2.75, 3.05) is 0 Å². The van der Waals surface area contributed by atoms with Gasteiger partial charge < -0.3 is 10.5 Å². The minimum Gasteiger partial charge on any atom is -0.423 e. The number of fused-ring (bicyclic) bond motifs is 1. The van der Waals surface area contributed by atoms with Gasteiger partial charge in [0.05, 0.1) is 11.8 Å². The summed E-state index contributed by atoms with van der Waals surface area (Å²) in [4.78, 5) is 12.5. The molecule has 3 aromatic carbocycles. The van der Waals surface area contributed by atoms with Gasteiger partial charge in [0.2, 0.25) is 0 Å². The highest BCUT2D eigenvalue weighted by molar-refractivity contribution is 7.80. The number of nitrogens with two attached hydrogens (primary N) is 1. The Balaban J connectivity index is 1.74. The second-order valence-electron chi connectivity index (χ2n) is 5.22. The van der Waals surface area contributed by atoms with Gasteiger partial charge in [0.15, 0.2) is 5.11 Å². The normalized spacial score (nSPS) is 10.7. The van der Waals surface area contributed by atoms with Crippen LogP contribution >= 0.6 is 12.2 Å². The number of hydrazone groups is 1. The average Bonchev–Trinajstić information content (AvgIpc) is 2.62. The van der Waals surface area contributed by atoms with Crippen molar-refractivity contribution < 1.29 is 9.53 Å². The van der Waals surface area contributed by atoms with Gasteiger partial charge in [-0.25, -0.2) is 4.79 Å². The zero-order chi connectivity index (χ0) is 17.6. The van der Waals surface area contributed by atoms with Crippen LogP contribution < -0.4 is 15.9 Å². The molecule has 0 heterocycles. The van der Waals surface area contributed by atoms with Crippen molar-refractivity contribution in [3.63, 3.8) is 0 Å². The maximum atomic E-state index is 12.5. The first-order chi connectivity index (χ1) is 12.1. The second-order valence-corrected chi connectivity index (χ2v) is 5.66. The van der Waals surface area contributed by atoms with Crippen molar-refractivity contribution in [1.29, 1.82) is 0 Å². The lowest BCUT2D eigenvalue weighted by Gasteiger charge is -2.07. The molecule has 0 radical (unpaired) electrons. The Labute approximate surface area is 150 Å². The van der Waals surface area contributed by atoms with Crippen LogP contribution in [-0.4, -0.2) is 17.3 Å². The van der Waals surface area contributed by atoms with Gasteiger partial charge in [0.25, 0.3) is 0 Å². The van der Waals surface area contributed by atoms with Crippen molar-refractivity contribution in [2.24, 2.45) is 10.8 Å². The van der Waals surface area contributed by atoms with Crippen LogP contribution in [0.4, 0.5) is 0 Å². The Morgan fingerprint density at radius 1 is 1.04 bits per heavy atom. The average molecular weight is 349 g/mol. The smallest absolute Gasteiger partial charge is 0.344 e. The minimum atomic E-state index is -0.395. The fourth-order valence-corrected chi connectivity index (χ4v) is 2.41. The Morgan fingerprint density at radius 3 is 2.52 bits per heavy atom. The number of esters is 1. The summed E-state index contributed by atoms with van der Waals surface area (Å²) in [5, 5.41) is 5.82. The van der Waals surface area contributed by atoms with Crippen LogP contribution in [0.2, 0.25) is 0 Å². The molecule has 25 heavy (non-hydrogen) atoms. The zero-order valence-electron chi connectivity index (χ0n) is 13.2. The molecule has 0 spiro atoms. The molecule has 0 aliphatic heterocycles. The number of carbonyl (C=O) groups is 1. The first-order valence-corrected chi connectivity index (χ1v) is 7.93. The van der Waals surface area contributed by atoms with E-state index in [1.165, 1.54) is 0 Å². The van der Waals surface area contributed by atoms with Crippen LogP contribution in [0.5, 0.6) is 5.75 Å². The zero-order valence-corrected chi connectivity index (χ0v) is 14.0. The third kappa shape index (κ3) is 4.19. The molecule has 3 rings (SSSR count). The van der Waals surface area contributed by atoms with Crippen molar-refractivity contribution >= 4 is 40.3 Å². The molecular formula is C19H15N3O2S. The molecule has 0 aliphatic carbocycles. The summed E-state index contributed by atoms with van der Waals surface area (Å²) < 4.78 is 5.47. The lowest BCUT2D eigenvalue weighted by atomic mass is 10.0. The number of thiocarbonyl (C=S) groups is 1. The summed E-state index contributed by atoms with van der Waals surface area (Å²) in [6, 6.07) is 20.2. The monoisotopic (exact) mass is 349 g/mol. The van der Waals surface area contributed by atoms with E-state index in [1.54, 1.807) is 36.5 Å². The molecule has 0 bridgehead atoms. The predicted octanol–water partition coefficient (Wildman–Crippen LogP) is 3.23. The van der Waals surface area contributed by atoms with Crippen LogP contribution in [0.1, 0.15) is 15.9 Å². The van der Waals surface area contributed by atoms with Gasteiger partial charge in [-0.05, 0) is 58.9 Å². The van der Waals surface area contributed by atoms with Gasteiger partial charge in [0.1, 0.15) is 5.75 Å². The van der Waals surface area contributed by atoms with Gasteiger partial charge in [0, 0.05) is 0 Å². The van der Waals surface area contributed by atoms with Gasteiger partial charge in [-0.3, -0.25) is 5.43 Å². The van der Waals surface area contributed by atoms with Gasteiger partial charge >= 0.3 is 5.97 Å². The summed E-state index contributed by atoms with van der Waals surface area (Å²) in [6.45, 7) is 0. The maximum absolute atomic E-state index is 12.5. The van der Waals surface area contributed by atoms with Crippen molar-refractivity contribution in [3.05, 3.63) is 77.9 Å². The van der Waals surface area contributed by atoms with E-state index in [9.17, 15) is 4.79 Å². The number of nitrogens with zero attached hydrogens (tertiary/aromatic N) is 1. The number of benzene rings is 3. The van der Waals surface area contributed by atoms with E-state index in [1.807, 2.05) is 36.4 Å². The lowest BCUT2D eigenvalue weighted by Crippen LogP contribution is -2.23. The standard InChI is InChI=1S/C19H15N3O2S/c20-19(25)22-21-12-13-8-10-15(11-9-13)24-18(23)17-7-3-5-14-4-1-2-6-16(14)17/h1-12H,(H3,20,22,25)/b21-12-. The largest absolute Gasteiger partial charge is 0.423 e. The summed E-state index contributed by atoms with van der Waals surface area (Å²) in [7, 11) is 0. The van der Waals surface area contributed by atoms with Crippen LogP contribution in [0.3, 0.4) is 0 Å². The number of rotatable bonds is 4. The van der Waals surface area contributed by atoms with Crippen LogP contribution in [-0.2, 0) is 0 Å². The van der Waals surface area contributed by atoms with Crippen molar-refractivity contribution in [3.8, 4) is 5.75 Å². The highest BCUT2D eigenvalue weighted by Crippen LogP contribution is 2.21. The van der Waals surface area contributed by atoms with E-state index in [2.05, 4.69) is 22.7 Å². The molecule has 0 aromatic heterocycles. The molecule has 0 aliphatic rings. The summed E-state index contributed by atoms with van der Waals surface area (Å²) in [5.41, 5.74) is 9.10. The van der Waals surface area contributed by atoms with E-state index in [-0.39, 0.29) is 5.11 Å². The summed E-state index contributed by atoms with van der Waals surface area (Å²) in [5.74, 6) is 0.0609. The molecule has 0 atom stereocenters. The molecule has 0 unspecified atom stereocenters. The lowest BCUT2D eigenvalue weighted by molar-refractivity contribution is 0.0737. The summed E-state index contributed by atoms with van der Waals surface area (Å²) in [6.07, 6.45) is 1.56. The highest BCUT2D eigenvalue weighted by atomic mass is 32.1. The van der Waals surface area contributed by atoms with Crippen LogP contribution in [0.25, 0.3) is 10.8 Å². The molecule has 0 saturated carbocycles. The van der Waals surface area contributed by atoms with E-state index in [0.29, 0.717) is 11.3 Å². The molecule has 5 nitrogen and oxygen atoms in total. The number of hydrogen-bond acceptors (Lipinski definition) is 4. The van der Waals surface area contributed by atoms with E-state index >= 15 is 0 Å². The quantitative estimate of drug-likeness (QED) is 0.249. The molecule has 0 fully saturated rings. The van der Waals surface area contributed by atoms with Crippen molar-refractivity contribution in [2.45, 2.75) is 0 Å². The number of hydrogen-bond donors (Lipinski definition) is 2. The van der Waals surface area contributed by atoms with Gasteiger partial charge in [-0.2, -0.15) is 5.10 Å². The molecular weight excluding hydrogens is 334 g/mol. The number of nitrogens with one attached hydrogen (secondary N) is 1. The molecule has 3 N–H and O–H groups in total. The minimum absolute atomic E-state index is 0.0943. The summed E-state index contributed by atoms with van der Waals surface area (Å²) >= 11 is 4.65. The first-order valence-electron chi connectivity index (χ1n) is 7.52.